The molecule has 2 aromatic rings. The number of ether oxygens (including phenoxy) is 1. The number of methoxy groups -OCH3 is 1. The Labute approximate surface area is 192 Å². The molecule has 1 atom stereocenters. The standard InChI is InChI=1S/C24H26BBrFNO3/c1-31-22(29)13-10-16-6-5-9-19(14-16)28(24(30)17-7-3-2-4-8-17)23(25)20-12-11-18(26)15-21(20)27/h5-6,9-15,17,23H,2-4,7-8,25H2,1H3/b13-10+. The fraction of sp³-hybridized carbons (Fsp3) is 0.333. The largest absolute Gasteiger partial charge is 0.466 e. The van der Waals surface area contributed by atoms with Crippen molar-refractivity contribution in [3.63, 3.8) is 0 Å². The number of hydrogen-bond acceptors (Lipinski definition) is 3. The van der Waals surface area contributed by atoms with Gasteiger partial charge in [0.2, 0.25) is 5.91 Å². The van der Waals surface area contributed by atoms with E-state index in [-0.39, 0.29) is 17.6 Å². The number of benzene rings is 2. The van der Waals surface area contributed by atoms with Crippen molar-refractivity contribution < 1.29 is 18.7 Å². The summed E-state index contributed by atoms with van der Waals surface area (Å²) in [6, 6.07) is 12.3. The van der Waals surface area contributed by atoms with Crippen LogP contribution in [0.25, 0.3) is 6.08 Å². The van der Waals surface area contributed by atoms with E-state index in [4.69, 9.17) is 0 Å². The average molecular weight is 486 g/mol. The normalized spacial score (nSPS) is 15.6. The summed E-state index contributed by atoms with van der Waals surface area (Å²) in [6.45, 7) is 0. The number of hydrogen-bond donors (Lipinski definition) is 0. The van der Waals surface area contributed by atoms with Gasteiger partial charge in [-0.1, -0.05) is 53.4 Å². The number of anilines is 1. The van der Waals surface area contributed by atoms with Crippen LogP contribution in [0.1, 0.15) is 49.2 Å². The van der Waals surface area contributed by atoms with E-state index >= 15 is 0 Å². The van der Waals surface area contributed by atoms with E-state index < -0.39 is 11.9 Å². The van der Waals surface area contributed by atoms with Crippen LogP contribution in [-0.2, 0) is 14.3 Å². The van der Waals surface area contributed by atoms with Crippen LogP contribution in [0.5, 0.6) is 0 Å². The van der Waals surface area contributed by atoms with E-state index in [2.05, 4.69) is 20.7 Å². The first-order valence-corrected chi connectivity index (χ1v) is 11.3. The summed E-state index contributed by atoms with van der Waals surface area (Å²) in [6.07, 6.45) is 7.90. The van der Waals surface area contributed by atoms with E-state index in [0.717, 1.165) is 37.7 Å². The zero-order valence-corrected chi connectivity index (χ0v) is 19.4. The Bertz CT molecular complexity index is 975. The van der Waals surface area contributed by atoms with Crippen LogP contribution in [-0.4, -0.2) is 26.8 Å². The SMILES string of the molecule is BC(c1ccc(Br)cc1F)N(C(=O)C1CCCCC1)c1cccc(/C=C/C(=O)OC)c1. The van der Waals surface area contributed by atoms with Gasteiger partial charge in [0.1, 0.15) is 13.7 Å². The molecule has 0 bridgehead atoms. The molecule has 0 spiro atoms. The van der Waals surface area contributed by atoms with E-state index in [1.54, 1.807) is 23.1 Å². The smallest absolute Gasteiger partial charge is 0.330 e. The highest BCUT2D eigenvalue weighted by Gasteiger charge is 2.31. The highest BCUT2D eigenvalue weighted by atomic mass is 79.9. The minimum atomic E-state index is -0.484. The van der Waals surface area contributed by atoms with Crippen LogP contribution in [0.2, 0.25) is 0 Å². The molecule has 1 amide bonds. The first kappa shape index (κ1) is 23.3. The number of esters is 1. The van der Waals surface area contributed by atoms with Crippen LogP contribution in [0.3, 0.4) is 0 Å². The topological polar surface area (TPSA) is 46.6 Å². The van der Waals surface area contributed by atoms with Crippen molar-refractivity contribution in [3.05, 3.63) is 70.0 Å². The third-order valence-corrected chi connectivity index (χ3v) is 6.25. The lowest BCUT2D eigenvalue weighted by molar-refractivity contribution is -0.134. The first-order valence-electron chi connectivity index (χ1n) is 10.5. The van der Waals surface area contributed by atoms with Gasteiger partial charge in [0.05, 0.1) is 7.11 Å². The van der Waals surface area contributed by atoms with Crippen molar-refractivity contribution in [3.8, 4) is 0 Å². The molecule has 2 aromatic carbocycles. The Morgan fingerprint density at radius 1 is 1.19 bits per heavy atom. The molecule has 0 saturated heterocycles. The van der Waals surface area contributed by atoms with Gasteiger partial charge in [-0.3, -0.25) is 4.79 Å². The molecule has 0 radical (unpaired) electrons. The third-order valence-electron chi connectivity index (χ3n) is 5.75. The van der Waals surface area contributed by atoms with Crippen molar-refractivity contribution in [2.75, 3.05) is 12.0 Å². The molecule has 3 rings (SSSR count). The lowest BCUT2D eigenvalue weighted by Gasteiger charge is -2.34. The molecule has 1 aliphatic rings. The summed E-state index contributed by atoms with van der Waals surface area (Å²) >= 11 is 3.30. The highest BCUT2D eigenvalue weighted by Crippen LogP contribution is 2.34. The number of rotatable bonds is 6. The average Bonchev–Trinajstić information content (AvgIpc) is 2.78. The van der Waals surface area contributed by atoms with Crippen LogP contribution < -0.4 is 4.90 Å². The number of carbonyl (C=O) groups excluding carboxylic acids is 2. The molecule has 1 fully saturated rings. The Balaban J connectivity index is 2.00. The molecular formula is C24H26BBrFNO3. The fourth-order valence-corrected chi connectivity index (χ4v) is 4.41. The maximum absolute atomic E-state index is 14.8. The predicted molar refractivity (Wildman–Crippen MR) is 127 cm³/mol. The fourth-order valence-electron chi connectivity index (χ4n) is 4.08. The van der Waals surface area contributed by atoms with Crippen LogP contribution in [0, 0.1) is 11.7 Å². The van der Waals surface area contributed by atoms with E-state index in [0.29, 0.717) is 15.7 Å². The van der Waals surface area contributed by atoms with Crippen molar-refractivity contribution in [1.29, 1.82) is 0 Å². The summed E-state index contributed by atoms with van der Waals surface area (Å²) in [5.74, 6) is -1.34. The third kappa shape index (κ3) is 5.85. The molecule has 0 aliphatic heterocycles. The second-order valence-electron chi connectivity index (χ2n) is 7.84. The maximum atomic E-state index is 14.8. The molecule has 0 heterocycles. The van der Waals surface area contributed by atoms with Crippen molar-refractivity contribution in [2.24, 2.45) is 5.92 Å². The number of halogens is 2. The summed E-state index contributed by atoms with van der Waals surface area (Å²) in [7, 11) is 3.17. The first-order chi connectivity index (χ1) is 14.9. The molecule has 1 unspecified atom stereocenters. The molecule has 7 heteroatoms. The molecule has 1 saturated carbocycles. The van der Waals surface area contributed by atoms with Crippen molar-refractivity contribution in [2.45, 2.75) is 38.0 Å². The number of nitrogens with zero attached hydrogens (tertiary/aromatic N) is 1. The molecule has 1 aliphatic carbocycles. The van der Waals surface area contributed by atoms with Crippen LogP contribution in [0.4, 0.5) is 10.1 Å². The second-order valence-corrected chi connectivity index (χ2v) is 8.75. The Morgan fingerprint density at radius 3 is 2.61 bits per heavy atom. The predicted octanol–water partition coefficient (Wildman–Crippen LogP) is 5.02. The number of amides is 1. The van der Waals surface area contributed by atoms with Gasteiger partial charge < -0.3 is 9.64 Å². The summed E-state index contributed by atoms with van der Waals surface area (Å²) < 4.78 is 20.1. The molecule has 162 valence electrons. The summed E-state index contributed by atoms with van der Waals surface area (Å²) in [4.78, 5) is 26.8. The maximum Gasteiger partial charge on any atom is 0.330 e. The number of carbonyl (C=O) groups is 2. The lowest BCUT2D eigenvalue weighted by atomic mass is 9.83. The molecule has 0 aromatic heterocycles. The van der Waals surface area contributed by atoms with Crippen LogP contribution >= 0.6 is 15.9 Å². The van der Waals surface area contributed by atoms with E-state index in [1.807, 2.05) is 32.1 Å². The van der Waals surface area contributed by atoms with Gasteiger partial charge in [0.15, 0.2) is 0 Å². The van der Waals surface area contributed by atoms with Crippen LogP contribution in [0.15, 0.2) is 53.0 Å². The molecule has 0 N–H and O–H groups in total. The minimum Gasteiger partial charge on any atom is -0.466 e. The van der Waals surface area contributed by atoms with Crippen molar-refractivity contribution >= 4 is 47.4 Å². The van der Waals surface area contributed by atoms with Gasteiger partial charge in [-0.05, 0) is 48.7 Å². The quantitative estimate of drug-likeness (QED) is 0.328. The second kappa shape index (κ2) is 10.8. The minimum absolute atomic E-state index is 0.0172. The Hall–Kier alpha value is -2.41. The van der Waals surface area contributed by atoms with E-state index in [1.165, 1.54) is 19.3 Å². The highest BCUT2D eigenvalue weighted by molar-refractivity contribution is 9.10. The summed E-state index contributed by atoms with van der Waals surface area (Å²) in [5.41, 5.74) is 1.90. The van der Waals surface area contributed by atoms with Gasteiger partial charge in [0, 0.05) is 33.7 Å². The zero-order valence-electron chi connectivity index (χ0n) is 17.8. The van der Waals surface area contributed by atoms with Crippen molar-refractivity contribution in [1.82, 2.24) is 0 Å². The lowest BCUT2D eigenvalue weighted by Crippen LogP contribution is -2.40. The Morgan fingerprint density at radius 2 is 1.94 bits per heavy atom. The molecule has 31 heavy (non-hydrogen) atoms. The van der Waals surface area contributed by atoms with Gasteiger partial charge >= 0.3 is 5.97 Å². The zero-order chi connectivity index (χ0) is 22.4. The van der Waals surface area contributed by atoms with Gasteiger partial charge in [-0.15, -0.1) is 0 Å². The Kier molecular flexibility index (Phi) is 8.07. The van der Waals surface area contributed by atoms with E-state index in [9.17, 15) is 14.0 Å². The van der Waals surface area contributed by atoms with Gasteiger partial charge in [-0.25, -0.2) is 9.18 Å². The van der Waals surface area contributed by atoms with Gasteiger partial charge in [0.25, 0.3) is 0 Å². The van der Waals surface area contributed by atoms with Gasteiger partial charge in [-0.2, -0.15) is 0 Å². The monoisotopic (exact) mass is 485 g/mol. The summed E-state index contributed by atoms with van der Waals surface area (Å²) in [5, 5.41) is 0. The molecular weight excluding hydrogens is 460 g/mol. The molecule has 4 nitrogen and oxygen atoms in total.